The molecule has 0 aliphatic carbocycles. The summed E-state index contributed by atoms with van der Waals surface area (Å²) >= 11 is 0. The van der Waals surface area contributed by atoms with E-state index in [4.69, 9.17) is 9.47 Å². The number of hydrogen-bond acceptors (Lipinski definition) is 5. The smallest absolute Gasteiger partial charge is 0.127 e. The van der Waals surface area contributed by atoms with Crippen molar-refractivity contribution in [2.75, 3.05) is 33.4 Å². The highest BCUT2D eigenvalue weighted by Crippen LogP contribution is 2.20. The number of methoxy groups -OCH3 is 1. The van der Waals surface area contributed by atoms with Crippen LogP contribution in [-0.4, -0.2) is 59.9 Å². The minimum atomic E-state index is 0. The highest BCUT2D eigenvalue weighted by Gasteiger charge is 2.35. The molecule has 2 aliphatic rings. The van der Waals surface area contributed by atoms with E-state index >= 15 is 0 Å². The summed E-state index contributed by atoms with van der Waals surface area (Å²) in [6.07, 6.45) is 4.18. The largest absolute Gasteiger partial charge is 0.497 e. The highest BCUT2D eigenvalue weighted by molar-refractivity contribution is 5.85. The van der Waals surface area contributed by atoms with E-state index in [1.807, 2.05) is 24.5 Å². The van der Waals surface area contributed by atoms with E-state index in [1.165, 1.54) is 0 Å². The van der Waals surface area contributed by atoms with Gasteiger partial charge in [0.25, 0.3) is 0 Å². The van der Waals surface area contributed by atoms with Crippen molar-refractivity contribution in [1.82, 2.24) is 19.8 Å². The Bertz CT molecular complexity index is 651. The molecule has 0 saturated carbocycles. The number of halogens is 2. The fraction of sp³-hybridized carbons (Fsp3) is 0.471. The molecule has 0 bridgehead atoms. The number of imidazole rings is 1. The van der Waals surface area contributed by atoms with E-state index < -0.39 is 0 Å². The number of aromatic nitrogens is 2. The first kappa shape index (κ1) is 20.0. The molecule has 3 heterocycles. The van der Waals surface area contributed by atoms with Crippen LogP contribution in [0.5, 0.6) is 5.75 Å². The molecule has 4 rings (SSSR count). The number of ether oxygens (including phenoxy) is 2. The quantitative estimate of drug-likeness (QED) is 0.869. The minimum Gasteiger partial charge on any atom is -0.497 e. The number of rotatable bonds is 4. The summed E-state index contributed by atoms with van der Waals surface area (Å²) in [5.41, 5.74) is 1.10. The SMILES string of the molecule is COc1ccc(-n2ccnc2CN2C[C@@H]3NCCO[C@H]3C2)cc1.Cl.Cl. The van der Waals surface area contributed by atoms with Gasteiger partial charge < -0.3 is 19.4 Å². The topological polar surface area (TPSA) is 51.5 Å². The van der Waals surface area contributed by atoms with Gasteiger partial charge in [0.15, 0.2) is 0 Å². The monoisotopic (exact) mass is 386 g/mol. The first-order valence-corrected chi connectivity index (χ1v) is 8.07. The molecule has 2 fully saturated rings. The summed E-state index contributed by atoms with van der Waals surface area (Å²) in [4.78, 5) is 6.96. The lowest BCUT2D eigenvalue weighted by atomic mass is 10.2. The van der Waals surface area contributed by atoms with Crippen LogP contribution in [0.15, 0.2) is 36.7 Å². The maximum absolute atomic E-state index is 5.85. The predicted octanol–water partition coefficient (Wildman–Crippen LogP) is 1.90. The van der Waals surface area contributed by atoms with Gasteiger partial charge >= 0.3 is 0 Å². The van der Waals surface area contributed by atoms with E-state index in [1.54, 1.807) is 7.11 Å². The standard InChI is InChI=1S/C17H22N4O2.2ClH/c1-22-14-4-2-13(3-5-14)21-8-6-19-17(21)12-20-10-15-16(11-20)23-9-7-18-15;;/h2-6,8,15-16,18H,7,9-12H2,1H3;2*1H/t15-,16-;;/m0../s1. The molecule has 0 spiro atoms. The lowest BCUT2D eigenvalue weighted by molar-refractivity contribution is 0.0174. The number of nitrogens with zero attached hydrogens (tertiary/aromatic N) is 3. The van der Waals surface area contributed by atoms with Crippen LogP contribution in [0.2, 0.25) is 0 Å². The molecule has 2 atom stereocenters. The van der Waals surface area contributed by atoms with Crippen molar-refractivity contribution in [2.45, 2.75) is 18.7 Å². The lowest BCUT2D eigenvalue weighted by Crippen LogP contribution is -2.47. The molecule has 8 heteroatoms. The van der Waals surface area contributed by atoms with E-state index in [2.05, 4.69) is 31.9 Å². The fourth-order valence-corrected chi connectivity index (χ4v) is 3.43. The Morgan fingerprint density at radius 3 is 2.76 bits per heavy atom. The Morgan fingerprint density at radius 1 is 1.24 bits per heavy atom. The van der Waals surface area contributed by atoms with Crippen LogP contribution in [-0.2, 0) is 11.3 Å². The predicted molar refractivity (Wildman–Crippen MR) is 101 cm³/mol. The number of benzene rings is 1. The van der Waals surface area contributed by atoms with Gasteiger partial charge in [-0.3, -0.25) is 4.90 Å². The Kier molecular flexibility index (Phi) is 7.10. The van der Waals surface area contributed by atoms with Crippen molar-refractivity contribution in [3.05, 3.63) is 42.5 Å². The fourth-order valence-electron chi connectivity index (χ4n) is 3.43. The second-order valence-corrected chi connectivity index (χ2v) is 6.08. The summed E-state index contributed by atoms with van der Waals surface area (Å²) in [6.45, 7) is 4.58. The van der Waals surface area contributed by atoms with E-state index in [9.17, 15) is 0 Å². The van der Waals surface area contributed by atoms with Crippen LogP contribution in [0.3, 0.4) is 0 Å². The van der Waals surface area contributed by atoms with E-state index in [0.717, 1.165) is 50.0 Å². The van der Waals surface area contributed by atoms with Gasteiger partial charge in [0.1, 0.15) is 11.6 Å². The highest BCUT2D eigenvalue weighted by atomic mass is 35.5. The van der Waals surface area contributed by atoms with Crippen LogP contribution in [0.25, 0.3) is 5.69 Å². The maximum Gasteiger partial charge on any atom is 0.127 e. The van der Waals surface area contributed by atoms with Gasteiger partial charge in [-0.1, -0.05) is 0 Å². The Labute approximate surface area is 160 Å². The van der Waals surface area contributed by atoms with E-state index in [0.29, 0.717) is 12.1 Å². The van der Waals surface area contributed by atoms with Crippen LogP contribution in [0.1, 0.15) is 5.82 Å². The zero-order valence-corrected chi connectivity index (χ0v) is 15.8. The second kappa shape index (κ2) is 8.87. The average molecular weight is 387 g/mol. The zero-order valence-electron chi connectivity index (χ0n) is 14.1. The first-order chi connectivity index (χ1) is 11.3. The number of fused-ring (bicyclic) bond motifs is 1. The molecule has 0 radical (unpaired) electrons. The maximum atomic E-state index is 5.85. The normalized spacial score (nSPS) is 22.6. The Hall–Kier alpha value is -1.31. The van der Waals surface area contributed by atoms with Crippen molar-refractivity contribution in [2.24, 2.45) is 0 Å². The summed E-state index contributed by atoms with van der Waals surface area (Å²) in [7, 11) is 1.68. The van der Waals surface area contributed by atoms with Crippen molar-refractivity contribution in [3.63, 3.8) is 0 Å². The van der Waals surface area contributed by atoms with Crippen LogP contribution >= 0.6 is 24.8 Å². The third-order valence-corrected chi connectivity index (χ3v) is 4.62. The molecule has 25 heavy (non-hydrogen) atoms. The summed E-state index contributed by atoms with van der Waals surface area (Å²) in [6, 6.07) is 8.51. The number of nitrogens with one attached hydrogen (secondary N) is 1. The van der Waals surface area contributed by atoms with Crippen molar-refractivity contribution in [3.8, 4) is 11.4 Å². The second-order valence-electron chi connectivity index (χ2n) is 6.08. The van der Waals surface area contributed by atoms with Gasteiger partial charge in [-0.2, -0.15) is 0 Å². The minimum absolute atomic E-state index is 0. The third-order valence-electron chi connectivity index (χ3n) is 4.62. The molecule has 2 aromatic rings. The van der Waals surface area contributed by atoms with Gasteiger partial charge in [0.05, 0.1) is 26.4 Å². The van der Waals surface area contributed by atoms with Gasteiger partial charge in [-0.15, -0.1) is 24.8 Å². The van der Waals surface area contributed by atoms with Crippen LogP contribution < -0.4 is 10.1 Å². The van der Waals surface area contributed by atoms with E-state index in [-0.39, 0.29) is 24.8 Å². The summed E-state index contributed by atoms with van der Waals surface area (Å²) in [5.74, 6) is 1.91. The number of likely N-dealkylation sites (tertiary alicyclic amines) is 1. The van der Waals surface area contributed by atoms with Gasteiger partial charge in [-0.05, 0) is 24.3 Å². The molecule has 2 saturated heterocycles. The van der Waals surface area contributed by atoms with Gasteiger partial charge in [-0.25, -0.2) is 4.98 Å². The molecular formula is C17H24Cl2N4O2. The molecule has 1 aromatic heterocycles. The number of hydrogen-bond donors (Lipinski definition) is 1. The van der Waals surface area contributed by atoms with Crippen molar-refractivity contribution < 1.29 is 9.47 Å². The summed E-state index contributed by atoms with van der Waals surface area (Å²) in [5, 5.41) is 3.54. The number of morpholine rings is 1. The Balaban J connectivity index is 0.00000113. The molecule has 1 N–H and O–H groups in total. The molecule has 1 aromatic carbocycles. The summed E-state index contributed by atoms with van der Waals surface area (Å²) < 4.78 is 13.2. The van der Waals surface area contributed by atoms with Gasteiger partial charge in [0, 0.05) is 43.8 Å². The van der Waals surface area contributed by atoms with Gasteiger partial charge in [0.2, 0.25) is 0 Å². The van der Waals surface area contributed by atoms with Crippen LogP contribution in [0.4, 0.5) is 0 Å². The Morgan fingerprint density at radius 2 is 2.04 bits per heavy atom. The zero-order chi connectivity index (χ0) is 15.6. The van der Waals surface area contributed by atoms with Crippen LogP contribution in [0, 0.1) is 0 Å². The molecule has 0 unspecified atom stereocenters. The lowest BCUT2D eigenvalue weighted by Gasteiger charge is -2.25. The molecule has 6 nitrogen and oxygen atoms in total. The van der Waals surface area contributed by atoms with Crippen molar-refractivity contribution >= 4 is 24.8 Å². The van der Waals surface area contributed by atoms with Crippen molar-refractivity contribution in [1.29, 1.82) is 0 Å². The first-order valence-electron chi connectivity index (χ1n) is 8.07. The molecule has 0 amide bonds. The molecule has 2 aliphatic heterocycles. The molecule has 138 valence electrons. The molecular weight excluding hydrogens is 363 g/mol. The average Bonchev–Trinajstić information content (AvgIpc) is 3.21. The third kappa shape index (κ3) is 4.27.